The van der Waals surface area contributed by atoms with Gasteiger partial charge >= 0.3 is 0 Å². The summed E-state index contributed by atoms with van der Waals surface area (Å²) >= 11 is 7.75. The Balaban J connectivity index is 2.33. The van der Waals surface area contributed by atoms with Crippen LogP contribution < -0.4 is 0 Å². The van der Waals surface area contributed by atoms with E-state index in [0.29, 0.717) is 11.1 Å². The molecule has 3 nitrogen and oxygen atoms in total. The third-order valence-electron chi connectivity index (χ3n) is 2.59. The van der Waals surface area contributed by atoms with Crippen molar-refractivity contribution in [3.05, 3.63) is 17.3 Å². The molecule has 0 atom stereocenters. The van der Waals surface area contributed by atoms with Gasteiger partial charge in [-0.15, -0.1) is 0 Å². The molecule has 0 bridgehead atoms. The lowest BCUT2D eigenvalue weighted by Crippen LogP contribution is -1.96. The summed E-state index contributed by atoms with van der Waals surface area (Å²) in [5.74, 6) is 0. The van der Waals surface area contributed by atoms with Gasteiger partial charge in [-0.2, -0.15) is 0 Å². The fourth-order valence-electron chi connectivity index (χ4n) is 1.75. The zero-order chi connectivity index (χ0) is 10.4. The quantitative estimate of drug-likeness (QED) is 0.755. The van der Waals surface area contributed by atoms with Gasteiger partial charge in [0, 0.05) is 12.2 Å². The molecule has 15 heavy (non-hydrogen) atoms. The molecular formula is C10H10ClN3S. The molecule has 0 amide bonds. The molecule has 3 rings (SSSR count). The molecular weight excluding hydrogens is 230 g/mol. The average molecular weight is 240 g/mol. The van der Waals surface area contributed by atoms with E-state index in [-0.39, 0.29) is 0 Å². The van der Waals surface area contributed by atoms with Crippen molar-refractivity contribution in [2.75, 3.05) is 6.26 Å². The number of hydrogen-bond acceptors (Lipinski definition) is 3. The smallest absolute Gasteiger partial charge is 0.170 e. The van der Waals surface area contributed by atoms with Crippen molar-refractivity contribution in [3.8, 4) is 0 Å². The number of imidazole rings is 1. The van der Waals surface area contributed by atoms with Gasteiger partial charge in [0.15, 0.2) is 10.8 Å². The number of aromatic nitrogens is 3. The van der Waals surface area contributed by atoms with E-state index in [9.17, 15) is 0 Å². The second-order valence-corrected chi connectivity index (χ2v) is 4.85. The van der Waals surface area contributed by atoms with E-state index in [1.165, 1.54) is 12.8 Å². The van der Waals surface area contributed by atoms with Crippen molar-refractivity contribution >= 4 is 34.5 Å². The third-order valence-corrected chi connectivity index (χ3v) is 3.55. The van der Waals surface area contributed by atoms with E-state index in [1.807, 2.05) is 6.26 Å². The van der Waals surface area contributed by atoms with Gasteiger partial charge in [0.2, 0.25) is 0 Å². The summed E-state index contributed by atoms with van der Waals surface area (Å²) in [5, 5.41) is 1.71. The number of fused-ring (bicyclic) bond motifs is 1. The largest absolute Gasteiger partial charge is 0.301 e. The Hall–Kier alpha value is -0.740. The maximum absolute atomic E-state index is 6.10. The molecule has 2 aromatic heterocycles. The average Bonchev–Trinajstić information content (AvgIpc) is 3.00. The molecule has 0 radical (unpaired) electrons. The highest BCUT2D eigenvalue weighted by atomic mass is 35.5. The van der Waals surface area contributed by atoms with Gasteiger partial charge in [0.1, 0.15) is 5.52 Å². The van der Waals surface area contributed by atoms with Crippen LogP contribution in [0.15, 0.2) is 17.4 Å². The molecule has 0 unspecified atom stereocenters. The Labute approximate surface area is 96.9 Å². The van der Waals surface area contributed by atoms with Crippen LogP contribution in [0, 0.1) is 0 Å². The topological polar surface area (TPSA) is 30.7 Å². The number of pyridine rings is 1. The summed E-state index contributed by atoms with van der Waals surface area (Å²) in [6, 6.07) is 2.38. The minimum absolute atomic E-state index is 0.586. The number of hydrogen-bond donors (Lipinski definition) is 0. The molecule has 1 fully saturated rings. The standard InChI is InChI=1S/C10H10ClN3S/c1-15-10-13-8-7(11)4-5-12-9(8)14(10)6-2-3-6/h4-6H,2-3H2,1H3. The fourth-order valence-corrected chi connectivity index (χ4v) is 2.54. The molecule has 2 heterocycles. The lowest BCUT2D eigenvalue weighted by Gasteiger charge is -2.03. The summed E-state index contributed by atoms with van der Waals surface area (Å²) in [5.41, 5.74) is 1.75. The van der Waals surface area contributed by atoms with Crippen molar-refractivity contribution in [1.29, 1.82) is 0 Å². The summed E-state index contributed by atoms with van der Waals surface area (Å²) < 4.78 is 2.21. The third kappa shape index (κ3) is 1.43. The van der Waals surface area contributed by atoms with Crippen LogP contribution in [-0.4, -0.2) is 20.8 Å². The minimum Gasteiger partial charge on any atom is -0.301 e. The van der Waals surface area contributed by atoms with E-state index < -0.39 is 0 Å². The Morgan fingerprint density at radius 2 is 2.33 bits per heavy atom. The van der Waals surface area contributed by atoms with Crippen LogP contribution in [-0.2, 0) is 0 Å². The van der Waals surface area contributed by atoms with Crippen LogP contribution in [0.2, 0.25) is 5.02 Å². The first-order chi connectivity index (χ1) is 7.31. The highest BCUT2D eigenvalue weighted by Gasteiger charge is 2.29. The van der Waals surface area contributed by atoms with Crippen molar-refractivity contribution in [3.63, 3.8) is 0 Å². The highest BCUT2D eigenvalue weighted by molar-refractivity contribution is 7.98. The molecule has 78 valence electrons. The lowest BCUT2D eigenvalue weighted by atomic mass is 10.4. The summed E-state index contributed by atoms with van der Waals surface area (Å²) in [7, 11) is 0. The van der Waals surface area contributed by atoms with Crippen molar-refractivity contribution in [2.45, 2.75) is 24.0 Å². The van der Waals surface area contributed by atoms with Crippen LogP contribution >= 0.6 is 23.4 Å². The maximum Gasteiger partial charge on any atom is 0.170 e. The number of nitrogens with zero attached hydrogens (tertiary/aromatic N) is 3. The van der Waals surface area contributed by atoms with Gasteiger partial charge in [0.05, 0.1) is 5.02 Å². The van der Waals surface area contributed by atoms with Gasteiger partial charge in [-0.1, -0.05) is 23.4 Å². The first-order valence-electron chi connectivity index (χ1n) is 4.87. The predicted octanol–water partition coefficient (Wildman–Crippen LogP) is 3.14. The van der Waals surface area contributed by atoms with Crippen LogP contribution in [0.4, 0.5) is 0 Å². The van der Waals surface area contributed by atoms with E-state index in [2.05, 4.69) is 14.5 Å². The van der Waals surface area contributed by atoms with E-state index >= 15 is 0 Å². The zero-order valence-electron chi connectivity index (χ0n) is 8.27. The molecule has 0 N–H and O–H groups in total. The predicted molar refractivity (Wildman–Crippen MR) is 62.6 cm³/mol. The summed E-state index contributed by atoms with van der Waals surface area (Å²) in [4.78, 5) is 8.90. The van der Waals surface area contributed by atoms with Crippen molar-refractivity contribution in [1.82, 2.24) is 14.5 Å². The monoisotopic (exact) mass is 239 g/mol. The van der Waals surface area contributed by atoms with Gasteiger partial charge in [-0.3, -0.25) is 0 Å². The fraction of sp³-hybridized carbons (Fsp3) is 0.400. The Morgan fingerprint density at radius 3 is 3.00 bits per heavy atom. The zero-order valence-corrected chi connectivity index (χ0v) is 9.85. The molecule has 2 aromatic rings. The molecule has 0 aromatic carbocycles. The Kier molecular flexibility index (Phi) is 2.14. The second-order valence-electron chi connectivity index (χ2n) is 3.66. The lowest BCUT2D eigenvalue weighted by molar-refractivity contribution is 0.679. The first kappa shape index (κ1) is 9.48. The van der Waals surface area contributed by atoms with Crippen LogP contribution in [0.1, 0.15) is 18.9 Å². The van der Waals surface area contributed by atoms with E-state index in [1.54, 1.807) is 24.0 Å². The molecule has 0 saturated heterocycles. The molecule has 0 spiro atoms. The van der Waals surface area contributed by atoms with Crippen molar-refractivity contribution < 1.29 is 0 Å². The van der Waals surface area contributed by atoms with E-state index in [0.717, 1.165) is 16.3 Å². The second kappa shape index (κ2) is 3.39. The SMILES string of the molecule is CSc1nc2c(Cl)ccnc2n1C1CC1. The van der Waals surface area contributed by atoms with Gasteiger partial charge in [0.25, 0.3) is 0 Å². The van der Waals surface area contributed by atoms with Crippen LogP contribution in [0.25, 0.3) is 11.2 Å². The Bertz CT molecular complexity index is 519. The van der Waals surface area contributed by atoms with Crippen LogP contribution in [0.3, 0.4) is 0 Å². The molecule has 1 saturated carbocycles. The molecule has 1 aliphatic rings. The van der Waals surface area contributed by atoms with Gasteiger partial charge in [-0.05, 0) is 25.2 Å². The van der Waals surface area contributed by atoms with E-state index in [4.69, 9.17) is 11.6 Å². The normalized spacial score (nSPS) is 16.1. The number of thioether (sulfide) groups is 1. The highest BCUT2D eigenvalue weighted by Crippen LogP contribution is 2.40. The number of rotatable bonds is 2. The first-order valence-corrected chi connectivity index (χ1v) is 6.48. The van der Waals surface area contributed by atoms with Crippen LogP contribution in [0.5, 0.6) is 0 Å². The summed E-state index contributed by atoms with van der Waals surface area (Å²) in [6.07, 6.45) is 6.24. The number of halogens is 1. The Morgan fingerprint density at radius 1 is 1.53 bits per heavy atom. The van der Waals surface area contributed by atoms with Gasteiger partial charge in [-0.25, -0.2) is 9.97 Å². The van der Waals surface area contributed by atoms with Gasteiger partial charge < -0.3 is 4.57 Å². The molecule has 1 aliphatic carbocycles. The minimum atomic E-state index is 0.586. The summed E-state index contributed by atoms with van der Waals surface area (Å²) in [6.45, 7) is 0. The maximum atomic E-state index is 6.10. The van der Waals surface area contributed by atoms with Crippen molar-refractivity contribution in [2.24, 2.45) is 0 Å². The molecule has 5 heteroatoms. The molecule has 0 aliphatic heterocycles.